The second kappa shape index (κ2) is 8.14. The van der Waals surface area contributed by atoms with E-state index in [1.807, 2.05) is 36.4 Å². The molecule has 0 aromatic heterocycles. The number of carbonyl (C=O) groups excluding carboxylic acids is 1. The van der Waals surface area contributed by atoms with E-state index in [-0.39, 0.29) is 5.91 Å². The maximum absolute atomic E-state index is 12.1. The second-order valence-corrected chi connectivity index (χ2v) is 6.74. The first-order chi connectivity index (χ1) is 12.1. The fourth-order valence-electron chi connectivity index (χ4n) is 2.98. The molecule has 0 unspecified atom stereocenters. The van der Waals surface area contributed by atoms with Crippen molar-refractivity contribution >= 4 is 17.3 Å². The van der Waals surface area contributed by atoms with E-state index in [0.29, 0.717) is 12.1 Å². The monoisotopic (exact) mass is 338 g/mol. The quantitative estimate of drug-likeness (QED) is 0.821. The molecule has 5 heteroatoms. The topological polar surface area (TPSA) is 61.6 Å². The fourth-order valence-corrected chi connectivity index (χ4v) is 2.98. The average Bonchev–Trinajstić information content (AvgIpc) is 2.61. The summed E-state index contributed by atoms with van der Waals surface area (Å²) in [5.41, 5.74) is 9.44. The van der Waals surface area contributed by atoms with Gasteiger partial charge in [0.1, 0.15) is 0 Å². The van der Waals surface area contributed by atoms with Crippen molar-refractivity contribution in [3.8, 4) is 0 Å². The van der Waals surface area contributed by atoms with Crippen LogP contribution in [0.2, 0.25) is 0 Å². The standard InChI is InChI=1S/C20H26N4O/c1-23-10-12-24(13-11-23)15-17-4-8-19(9-5-17)22-20(25)14-16-2-6-18(21)7-3-16/h2-9H,10-15,21H2,1H3,(H,22,25). The molecule has 1 amide bonds. The van der Waals surface area contributed by atoms with Crippen LogP contribution >= 0.6 is 0 Å². The minimum absolute atomic E-state index is 0.0170. The van der Waals surface area contributed by atoms with Crippen molar-refractivity contribution in [3.05, 3.63) is 59.7 Å². The number of nitrogens with two attached hydrogens (primary N) is 1. The van der Waals surface area contributed by atoms with E-state index in [1.165, 1.54) is 5.56 Å². The molecule has 0 spiro atoms. The zero-order valence-corrected chi connectivity index (χ0v) is 14.7. The molecule has 1 aliphatic rings. The maximum atomic E-state index is 12.1. The third-order valence-electron chi connectivity index (χ3n) is 4.58. The van der Waals surface area contributed by atoms with Gasteiger partial charge in [0.05, 0.1) is 6.42 Å². The molecule has 0 saturated carbocycles. The number of hydrogen-bond acceptors (Lipinski definition) is 4. The number of anilines is 2. The minimum Gasteiger partial charge on any atom is -0.399 e. The van der Waals surface area contributed by atoms with Crippen molar-refractivity contribution in [2.24, 2.45) is 0 Å². The molecule has 3 N–H and O–H groups in total. The van der Waals surface area contributed by atoms with Crippen LogP contribution in [-0.4, -0.2) is 48.9 Å². The van der Waals surface area contributed by atoms with Gasteiger partial charge in [-0.1, -0.05) is 24.3 Å². The molecule has 3 rings (SSSR count). The van der Waals surface area contributed by atoms with Gasteiger partial charge in [0.25, 0.3) is 0 Å². The number of likely N-dealkylation sites (N-methyl/N-ethyl adjacent to an activating group) is 1. The summed E-state index contributed by atoms with van der Waals surface area (Å²) in [6.45, 7) is 5.43. The van der Waals surface area contributed by atoms with Gasteiger partial charge in [-0.3, -0.25) is 9.69 Å². The van der Waals surface area contributed by atoms with Crippen LogP contribution in [0.1, 0.15) is 11.1 Å². The summed E-state index contributed by atoms with van der Waals surface area (Å²) in [6.07, 6.45) is 0.351. The van der Waals surface area contributed by atoms with Crippen LogP contribution in [-0.2, 0) is 17.8 Å². The Labute approximate surface area is 149 Å². The Morgan fingerprint density at radius 2 is 1.56 bits per heavy atom. The summed E-state index contributed by atoms with van der Waals surface area (Å²) in [6, 6.07) is 15.5. The summed E-state index contributed by atoms with van der Waals surface area (Å²) in [5.74, 6) is -0.0170. The normalized spacial score (nSPS) is 15.9. The van der Waals surface area contributed by atoms with E-state index >= 15 is 0 Å². The molecule has 2 aromatic carbocycles. The zero-order valence-electron chi connectivity index (χ0n) is 14.7. The number of amides is 1. The summed E-state index contributed by atoms with van der Waals surface area (Å²) in [5, 5.41) is 2.95. The van der Waals surface area contributed by atoms with Crippen LogP contribution in [0.5, 0.6) is 0 Å². The Balaban J connectivity index is 1.50. The van der Waals surface area contributed by atoms with Crippen molar-refractivity contribution in [3.63, 3.8) is 0 Å². The number of nitrogens with zero attached hydrogens (tertiary/aromatic N) is 2. The second-order valence-electron chi connectivity index (χ2n) is 6.74. The highest BCUT2D eigenvalue weighted by molar-refractivity contribution is 5.92. The Morgan fingerprint density at radius 1 is 0.960 bits per heavy atom. The van der Waals surface area contributed by atoms with Crippen LogP contribution in [0.25, 0.3) is 0 Å². The van der Waals surface area contributed by atoms with Gasteiger partial charge < -0.3 is 16.0 Å². The molecular formula is C20H26N4O. The van der Waals surface area contributed by atoms with Gasteiger partial charge in [-0.05, 0) is 42.4 Å². The molecule has 1 aliphatic heterocycles. The van der Waals surface area contributed by atoms with Gasteiger partial charge in [-0.15, -0.1) is 0 Å². The van der Waals surface area contributed by atoms with Gasteiger partial charge in [0.2, 0.25) is 5.91 Å². The molecule has 25 heavy (non-hydrogen) atoms. The number of nitrogen functional groups attached to an aromatic ring is 1. The molecule has 1 fully saturated rings. The molecule has 0 bridgehead atoms. The van der Waals surface area contributed by atoms with Gasteiger partial charge in [-0.25, -0.2) is 0 Å². The maximum Gasteiger partial charge on any atom is 0.228 e. The molecule has 2 aromatic rings. The predicted molar refractivity (Wildman–Crippen MR) is 102 cm³/mol. The molecule has 1 saturated heterocycles. The third kappa shape index (κ3) is 5.31. The van der Waals surface area contributed by atoms with Crippen LogP contribution in [0.4, 0.5) is 11.4 Å². The SMILES string of the molecule is CN1CCN(Cc2ccc(NC(=O)Cc3ccc(N)cc3)cc2)CC1. The highest BCUT2D eigenvalue weighted by atomic mass is 16.1. The smallest absolute Gasteiger partial charge is 0.228 e. The van der Waals surface area contributed by atoms with E-state index in [1.54, 1.807) is 0 Å². The first-order valence-electron chi connectivity index (χ1n) is 8.72. The first kappa shape index (κ1) is 17.5. The number of benzene rings is 2. The largest absolute Gasteiger partial charge is 0.399 e. The average molecular weight is 338 g/mol. The number of carbonyl (C=O) groups is 1. The lowest BCUT2D eigenvalue weighted by molar-refractivity contribution is -0.115. The number of piperazine rings is 1. The molecule has 0 radical (unpaired) electrons. The van der Waals surface area contributed by atoms with Gasteiger partial charge in [0, 0.05) is 44.1 Å². The van der Waals surface area contributed by atoms with Crippen LogP contribution < -0.4 is 11.1 Å². The van der Waals surface area contributed by atoms with Crippen LogP contribution in [0.15, 0.2) is 48.5 Å². The molecule has 5 nitrogen and oxygen atoms in total. The fraction of sp³-hybridized carbons (Fsp3) is 0.350. The predicted octanol–water partition coefficient (Wildman–Crippen LogP) is 2.20. The van der Waals surface area contributed by atoms with Crippen molar-refractivity contribution in [1.29, 1.82) is 0 Å². The van der Waals surface area contributed by atoms with E-state index in [9.17, 15) is 4.79 Å². The Morgan fingerprint density at radius 3 is 2.20 bits per heavy atom. The third-order valence-corrected chi connectivity index (χ3v) is 4.58. The van der Waals surface area contributed by atoms with Crippen molar-refractivity contribution in [2.45, 2.75) is 13.0 Å². The lowest BCUT2D eigenvalue weighted by Crippen LogP contribution is -2.43. The van der Waals surface area contributed by atoms with E-state index < -0.39 is 0 Å². The number of rotatable bonds is 5. The van der Waals surface area contributed by atoms with Crippen LogP contribution in [0, 0.1) is 0 Å². The van der Waals surface area contributed by atoms with Crippen molar-refractivity contribution in [2.75, 3.05) is 44.3 Å². The minimum atomic E-state index is -0.0170. The molecule has 0 atom stereocenters. The lowest BCUT2D eigenvalue weighted by Gasteiger charge is -2.32. The highest BCUT2D eigenvalue weighted by Gasteiger charge is 2.13. The highest BCUT2D eigenvalue weighted by Crippen LogP contribution is 2.14. The van der Waals surface area contributed by atoms with E-state index in [2.05, 4.69) is 34.3 Å². The Kier molecular flexibility index (Phi) is 5.68. The molecule has 0 aliphatic carbocycles. The molecule has 1 heterocycles. The van der Waals surface area contributed by atoms with Crippen LogP contribution in [0.3, 0.4) is 0 Å². The summed E-state index contributed by atoms with van der Waals surface area (Å²) in [4.78, 5) is 17.0. The summed E-state index contributed by atoms with van der Waals surface area (Å²) < 4.78 is 0. The number of hydrogen-bond donors (Lipinski definition) is 2. The Hall–Kier alpha value is -2.37. The van der Waals surface area contributed by atoms with Crippen molar-refractivity contribution in [1.82, 2.24) is 9.80 Å². The first-order valence-corrected chi connectivity index (χ1v) is 8.72. The lowest BCUT2D eigenvalue weighted by atomic mass is 10.1. The molecular weight excluding hydrogens is 312 g/mol. The summed E-state index contributed by atoms with van der Waals surface area (Å²) in [7, 11) is 2.17. The van der Waals surface area contributed by atoms with Gasteiger partial charge in [0.15, 0.2) is 0 Å². The van der Waals surface area contributed by atoms with E-state index in [4.69, 9.17) is 5.73 Å². The van der Waals surface area contributed by atoms with Crippen molar-refractivity contribution < 1.29 is 4.79 Å². The van der Waals surface area contributed by atoms with Gasteiger partial charge >= 0.3 is 0 Å². The number of nitrogens with one attached hydrogen (secondary N) is 1. The van der Waals surface area contributed by atoms with E-state index in [0.717, 1.165) is 44.0 Å². The summed E-state index contributed by atoms with van der Waals surface area (Å²) >= 11 is 0. The molecule has 132 valence electrons. The zero-order chi connectivity index (χ0) is 17.6. The van der Waals surface area contributed by atoms with Gasteiger partial charge in [-0.2, -0.15) is 0 Å². The Bertz CT molecular complexity index is 689.